The number of carbonyl (C=O) groups is 1. The Morgan fingerprint density at radius 2 is 1.58 bits per heavy atom. The van der Waals surface area contributed by atoms with Gasteiger partial charge in [-0.3, -0.25) is 0 Å². The van der Waals surface area contributed by atoms with Crippen LogP contribution < -0.4 is 0 Å². The van der Waals surface area contributed by atoms with E-state index in [1.165, 1.54) is 11.1 Å². The molecule has 3 heteroatoms. The zero-order valence-corrected chi connectivity index (χ0v) is 14.9. The van der Waals surface area contributed by atoms with Crippen molar-refractivity contribution < 1.29 is 9.53 Å². The molecular weight excluding hydrogens is 316 g/mol. The maximum absolute atomic E-state index is 11.2. The lowest BCUT2D eigenvalue weighted by Gasteiger charge is -2.10. The van der Waals surface area contributed by atoms with Crippen LogP contribution >= 0.6 is 11.8 Å². The molecule has 0 radical (unpaired) electrons. The molecule has 1 atom stereocenters. The number of ether oxygens (including phenoxy) is 1. The molecule has 2 nitrogen and oxygen atoms in total. The van der Waals surface area contributed by atoms with Gasteiger partial charge < -0.3 is 9.53 Å². The summed E-state index contributed by atoms with van der Waals surface area (Å²) in [4.78, 5) is 11.2. The summed E-state index contributed by atoms with van der Waals surface area (Å²) in [6.07, 6.45) is 4.13. The van der Waals surface area contributed by atoms with Crippen molar-refractivity contribution in [2.45, 2.75) is 31.6 Å². The van der Waals surface area contributed by atoms with Crippen molar-refractivity contribution >= 4 is 18.0 Å². The SMILES string of the molecule is O=CC(CCCCOCc1ccccc1)CSCc1ccccc1. The topological polar surface area (TPSA) is 26.3 Å². The van der Waals surface area contributed by atoms with Crippen LogP contribution in [0.2, 0.25) is 0 Å². The fourth-order valence-electron chi connectivity index (χ4n) is 2.47. The predicted octanol–water partition coefficient (Wildman–Crippen LogP) is 5.12. The van der Waals surface area contributed by atoms with E-state index in [0.717, 1.165) is 43.7 Å². The average Bonchev–Trinajstić information content (AvgIpc) is 2.64. The minimum atomic E-state index is 0.160. The van der Waals surface area contributed by atoms with E-state index in [2.05, 4.69) is 36.4 Å². The molecule has 0 spiro atoms. The van der Waals surface area contributed by atoms with Crippen LogP contribution in [0.1, 0.15) is 30.4 Å². The zero-order chi connectivity index (χ0) is 16.9. The molecule has 128 valence electrons. The summed E-state index contributed by atoms with van der Waals surface area (Å²) >= 11 is 1.84. The summed E-state index contributed by atoms with van der Waals surface area (Å²) in [5.74, 6) is 2.04. The van der Waals surface area contributed by atoms with Gasteiger partial charge in [0.15, 0.2) is 0 Å². The van der Waals surface area contributed by atoms with Gasteiger partial charge in [0.1, 0.15) is 6.29 Å². The number of hydrogen-bond acceptors (Lipinski definition) is 3. The summed E-state index contributed by atoms with van der Waals surface area (Å²) in [6, 6.07) is 20.6. The van der Waals surface area contributed by atoms with Crippen molar-refractivity contribution in [1.82, 2.24) is 0 Å². The summed E-state index contributed by atoms with van der Waals surface area (Å²) in [5.41, 5.74) is 2.53. The van der Waals surface area contributed by atoms with Gasteiger partial charge in [-0.2, -0.15) is 11.8 Å². The van der Waals surface area contributed by atoms with Crippen LogP contribution in [0.3, 0.4) is 0 Å². The number of thioether (sulfide) groups is 1. The fraction of sp³-hybridized carbons (Fsp3) is 0.381. The van der Waals surface area contributed by atoms with Crippen LogP contribution in [0.15, 0.2) is 60.7 Å². The van der Waals surface area contributed by atoms with Gasteiger partial charge in [-0.25, -0.2) is 0 Å². The predicted molar refractivity (Wildman–Crippen MR) is 102 cm³/mol. The Kier molecular flexibility index (Phi) is 9.28. The first kappa shape index (κ1) is 18.8. The molecule has 2 aromatic rings. The Hall–Kier alpha value is -1.58. The third-order valence-electron chi connectivity index (χ3n) is 3.86. The largest absolute Gasteiger partial charge is 0.377 e. The smallest absolute Gasteiger partial charge is 0.123 e. The second kappa shape index (κ2) is 11.9. The van der Waals surface area contributed by atoms with Crippen molar-refractivity contribution in [1.29, 1.82) is 0 Å². The molecule has 2 rings (SSSR count). The Labute approximate surface area is 149 Å². The Balaban J connectivity index is 1.51. The highest BCUT2D eigenvalue weighted by Gasteiger charge is 2.07. The molecule has 0 N–H and O–H groups in total. The molecule has 0 aromatic heterocycles. The normalized spacial score (nSPS) is 12.0. The summed E-state index contributed by atoms with van der Waals surface area (Å²) in [5, 5.41) is 0. The lowest BCUT2D eigenvalue weighted by atomic mass is 10.1. The minimum absolute atomic E-state index is 0.160. The van der Waals surface area contributed by atoms with Crippen molar-refractivity contribution in [2.24, 2.45) is 5.92 Å². The van der Waals surface area contributed by atoms with E-state index in [-0.39, 0.29) is 5.92 Å². The Morgan fingerprint density at radius 3 is 2.25 bits per heavy atom. The average molecular weight is 343 g/mol. The second-order valence-electron chi connectivity index (χ2n) is 5.93. The molecule has 2 aromatic carbocycles. The van der Waals surface area contributed by atoms with Gasteiger partial charge in [-0.1, -0.05) is 67.1 Å². The van der Waals surface area contributed by atoms with Gasteiger partial charge in [0.2, 0.25) is 0 Å². The van der Waals surface area contributed by atoms with Crippen LogP contribution in [0.4, 0.5) is 0 Å². The monoisotopic (exact) mass is 342 g/mol. The van der Waals surface area contributed by atoms with E-state index in [1.807, 2.05) is 36.0 Å². The van der Waals surface area contributed by atoms with Gasteiger partial charge in [-0.05, 0) is 24.0 Å². The Bertz CT molecular complexity index is 557. The lowest BCUT2D eigenvalue weighted by Crippen LogP contribution is -2.06. The molecule has 24 heavy (non-hydrogen) atoms. The standard InChI is InChI=1S/C21H26O2S/c22-15-21(18-24-17-20-11-5-2-6-12-20)13-7-8-14-23-16-19-9-3-1-4-10-19/h1-6,9-12,15,21H,7-8,13-14,16-18H2. The molecule has 0 bridgehead atoms. The highest BCUT2D eigenvalue weighted by atomic mass is 32.2. The minimum Gasteiger partial charge on any atom is -0.377 e. The van der Waals surface area contributed by atoms with E-state index in [0.29, 0.717) is 6.61 Å². The fourth-order valence-corrected chi connectivity index (χ4v) is 3.56. The van der Waals surface area contributed by atoms with E-state index in [4.69, 9.17) is 4.74 Å². The maximum atomic E-state index is 11.2. The number of aldehydes is 1. The first-order valence-corrected chi connectivity index (χ1v) is 9.72. The van der Waals surface area contributed by atoms with E-state index in [9.17, 15) is 4.79 Å². The van der Waals surface area contributed by atoms with E-state index in [1.54, 1.807) is 0 Å². The van der Waals surface area contributed by atoms with Gasteiger partial charge in [-0.15, -0.1) is 0 Å². The molecule has 0 saturated heterocycles. The molecule has 0 aliphatic carbocycles. The molecule has 0 aliphatic rings. The summed E-state index contributed by atoms with van der Waals surface area (Å²) in [7, 11) is 0. The van der Waals surface area contributed by atoms with Crippen molar-refractivity contribution in [2.75, 3.05) is 12.4 Å². The Morgan fingerprint density at radius 1 is 0.917 bits per heavy atom. The highest BCUT2D eigenvalue weighted by molar-refractivity contribution is 7.98. The number of rotatable bonds is 12. The number of unbranched alkanes of at least 4 members (excludes halogenated alkanes) is 1. The third kappa shape index (κ3) is 7.80. The summed E-state index contributed by atoms with van der Waals surface area (Å²) in [6.45, 7) is 1.43. The molecule has 0 heterocycles. The second-order valence-corrected chi connectivity index (χ2v) is 6.96. The number of hydrogen-bond donors (Lipinski definition) is 0. The van der Waals surface area contributed by atoms with E-state index >= 15 is 0 Å². The van der Waals surface area contributed by atoms with Crippen molar-refractivity contribution in [3.63, 3.8) is 0 Å². The third-order valence-corrected chi connectivity index (χ3v) is 5.06. The number of benzene rings is 2. The van der Waals surface area contributed by atoms with Crippen LogP contribution in [-0.4, -0.2) is 18.6 Å². The van der Waals surface area contributed by atoms with Crippen LogP contribution in [0.25, 0.3) is 0 Å². The molecule has 0 fully saturated rings. The first-order chi connectivity index (χ1) is 11.9. The van der Waals surface area contributed by atoms with Crippen molar-refractivity contribution in [3.8, 4) is 0 Å². The first-order valence-electron chi connectivity index (χ1n) is 8.57. The molecule has 1 unspecified atom stereocenters. The van der Waals surface area contributed by atoms with Gasteiger partial charge in [0.05, 0.1) is 6.61 Å². The van der Waals surface area contributed by atoms with Crippen LogP contribution in [0.5, 0.6) is 0 Å². The van der Waals surface area contributed by atoms with Crippen LogP contribution in [-0.2, 0) is 21.9 Å². The maximum Gasteiger partial charge on any atom is 0.123 e. The molecule has 0 aliphatic heterocycles. The van der Waals surface area contributed by atoms with Gasteiger partial charge in [0.25, 0.3) is 0 Å². The molecular formula is C21H26O2S. The van der Waals surface area contributed by atoms with E-state index < -0.39 is 0 Å². The molecule has 0 saturated carbocycles. The highest BCUT2D eigenvalue weighted by Crippen LogP contribution is 2.18. The number of carbonyl (C=O) groups excluding carboxylic acids is 1. The molecule has 0 amide bonds. The lowest BCUT2D eigenvalue weighted by molar-refractivity contribution is -0.110. The summed E-state index contributed by atoms with van der Waals surface area (Å²) < 4.78 is 5.68. The quantitative estimate of drug-likeness (QED) is 0.395. The van der Waals surface area contributed by atoms with Crippen molar-refractivity contribution in [3.05, 3.63) is 71.8 Å². The van der Waals surface area contributed by atoms with Crippen LogP contribution in [0, 0.1) is 5.92 Å². The van der Waals surface area contributed by atoms with Gasteiger partial charge >= 0.3 is 0 Å². The van der Waals surface area contributed by atoms with Gasteiger partial charge in [0, 0.05) is 24.0 Å². The zero-order valence-electron chi connectivity index (χ0n) is 14.1.